The molecule has 2 saturated heterocycles. The topological polar surface area (TPSA) is 170 Å². The lowest BCUT2D eigenvalue weighted by atomic mass is 9.96. The SMILES string of the molecule is CC(=O)SCCOP(=O)(OC[C@H]1O[C@@H](n2cnc3c(N)ncnc32)C2(C)OC(=O)O[C@@H]12)N(C)C. The molecule has 0 amide bonds. The maximum absolute atomic E-state index is 13.2. The molecule has 186 valence electrons. The molecular weight excluding hydrogens is 491 g/mol. The van der Waals surface area contributed by atoms with Gasteiger partial charge in [0.2, 0.25) is 0 Å². The fourth-order valence-corrected chi connectivity index (χ4v) is 5.55. The van der Waals surface area contributed by atoms with Gasteiger partial charge in [-0.25, -0.2) is 29.0 Å². The highest BCUT2D eigenvalue weighted by molar-refractivity contribution is 8.13. The molecule has 2 aliphatic heterocycles. The molecule has 2 aliphatic rings. The molecular formula is C18H25N6O8PS. The van der Waals surface area contributed by atoms with Crippen molar-refractivity contribution in [3.05, 3.63) is 12.7 Å². The van der Waals surface area contributed by atoms with E-state index in [1.807, 2.05) is 0 Å². The molecule has 0 aromatic carbocycles. The van der Waals surface area contributed by atoms with Gasteiger partial charge in [0.05, 0.1) is 19.5 Å². The van der Waals surface area contributed by atoms with Crippen LogP contribution < -0.4 is 5.73 Å². The van der Waals surface area contributed by atoms with Crippen LogP contribution in [0.4, 0.5) is 10.6 Å². The molecule has 4 rings (SSSR count). The van der Waals surface area contributed by atoms with E-state index in [1.165, 1.54) is 24.2 Å². The molecule has 0 saturated carbocycles. The van der Waals surface area contributed by atoms with Crippen LogP contribution in [0.25, 0.3) is 11.2 Å². The number of hydrogen-bond acceptors (Lipinski definition) is 13. The van der Waals surface area contributed by atoms with Crippen molar-refractivity contribution < 1.29 is 37.4 Å². The van der Waals surface area contributed by atoms with Crippen LogP contribution in [0.2, 0.25) is 0 Å². The monoisotopic (exact) mass is 516 g/mol. The van der Waals surface area contributed by atoms with Gasteiger partial charge in [0.25, 0.3) is 0 Å². The van der Waals surface area contributed by atoms with E-state index in [9.17, 15) is 14.2 Å². The molecule has 2 aromatic rings. The fourth-order valence-electron chi connectivity index (χ4n) is 3.77. The van der Waals surface area contributed by atoms with Crippen LogP contribution in [0.15, 0.2) is 12.7 Å². The number of rotatable bonds is 9. The number of hydrogen-bond donors (Lipinski definition) is 1. The average molecular weight is 516 g/mol. The molecule has 0 radical (unpaired) electrons. The van der Waals surface area contributed by atoms with Crippen molar-refractivity contribution in [2.24, 2.45) is 0 Å². The summed E-state index contributed by atoms with van der Waals surface area (Å²) in [4.78, 5) is 35.5. The van der Waals surface area contributed by atoms with Gasteiger partial charge in [0.1, 0.15) is 17.9 Å². The zero-order valence-corrected chi connectivity index (χ0v) is 20.7. The normalized spacial score (nSPS) is 28.0. The summed E-state index contributed by atoms with van der Waals surface area (Å²) < 4.78 is 44.3. The van der Waals surface area contributed by atoms with Crippen LogP contribution in [-0.2, 0) is 32.6 Å². The summed E-state index contributed by atoms with van der Waals surface area (Å²) in [6.07, 6.45) is -0.719. The number of imidazole rings is 1. The molecule has 4 heterocycles. The smallest absolute Gasteiger partial charge is 0.424 e. The van der Waals surface area contributed by atoms with E-state index >= 15 is 0 Å². The maximum atomic E-state index is 13.2. The number of aromatic nitrogens is 4. The zero-order chi connectivity index (χ0) is 24.7. The lowest BCUT2D eigenvalue weighted by molar-refractivity contribution is -0.109. The third kappa shape index (κ3) is 4.51. The first-order chi connectivity index (χ1) is 16.0. The van der Waals surface area contributed by atoms with Gasteiger partial charge in [-0.2, -0.15) is 0 Å². The third-order valence-corrected chi connectivity index (χ3v) is 8.14. The Balaban J connectivity index is 1.53. The van der Waals surface area contributed by atoms with Crippen molar-refractivity contribution in [3.8, 4) is 0 Å². The van der Waals surface area contributed by atoms with E-state index in [2.05, 4.69) is 15.0 Å². The number of anilines is 1. The third-order valence-electron chi connectivity index (χ3n) is 5.40. The Bertz CT molecular complexity index is 1150. The highest BCUT2D eigenvalue weighted by Crippen LogP contribution is 2.52. The number of ether oxygens (including phenoxy) is 3. The molecule has 2 fully saturated rings. The lowest BCUT2D eigenvalue weighted by Crippen LogP contribution is -2.42. The second-order valence-electron chi connectivity index (χ2n) is 7.97. The molecule has 2 N–H and O–H groups in total. The van der Waals surface area contributed by atoms with Gasteiger partial charge in [-0.05, 0) is 21.0 Å². The van der Waals surface area contributed by atoms with Crippen molar-refractivity contribution in [2.45, 2.75) is 37.9 Å². The molecule has 2 unspecified atom stereocenters. The summed E-state index contributed by atoms with van der Waals surface area (Å²) in [5.41, 5.74) is 5.38. The molecule has 0 spiro atoms. The second kappa shape index (κ2) is 9.40. The number of nitrogen functional groups attached to an aromatic ring is 1. The first kappa shape index (κ1) is 24.8. The first-order valence-corrected chi connectivity index (χ1v) is 12.7. The maximum Gasteiger partial charge on any atom is 0.509 e. The van der Waals surface area contributed by atoms with Gasteiger partial charge in [-0.3, -0.25) is 18.4 Å². The van der Waals surface area contributed by atoms with Crippen molar-refractivity contribution in [3.63, 3.8) is 0 Å². The van der Waals surface area contributed by atoms with Crippen molar-refractivity contribution in [2.75, 3.05) is 38.8 Å². The number of nitrogens with zero attached hydrogens (tertiary/aromatic N) is 5. The molecule has 14 nitrogen and oxygen atoms in total. The Morgan fingerprint density at radius 1 is 1.35 bits per heavy atom. The summed E-state index contributed by atoms with van der Waals surface area (Å²) >= 11 is 1.05. The minimum atomic E-state index is -3.71. The first-order valence-electron chi connectivity index (χ1n) is 10.2. The Morgan fingerprint density at radius 2 is 2.12 bits per heavy atom. The second-order valence-corrected chi connectivity index (χ2v) is 11.5. The minimum absolute atomic E-state index is 0.0370. The van der Waals surface area contributed by atoms with Gasteiger partial charge >= 0.3 is 13.9 Å². The highest BCUT2D eigenvalue weighted by atomic mass is 32.2. The largest absolute Gasteiger partial charge is 0.509 e. The quantitative estimate of drug-likeness (QED) is 0.289. The predicted octanol–water partition coefficient (Wildman–Crippen LogP) is 1.58. The minimum Gasteiger partial charge on any atom is -0.424 e. The van der Waals surface area contributed by atoms with E-state index in [0.29, 0.717) is 16.9 Å². The van der Waals surface area contributed by atoms with Crippen LogP contribution >= 0.6 is 19.5 Å². The van der Waals surface area contributed by atoms with Crippen molar-refractivity contribution in [1.29, 1.82) is 0 Å². The van der Waals surface area contributed by atoms with E-state index in [1.54, 1.807) is 25.6 Å². The van der Waals surface area contributed by atoms with Crippen LogP contribution in [0.3, 0.4) is 0 Å². The summed E-state index contributed by atoms with van der Waals surface area (Å²) in [5, 5.41) is -0.0732. The van der Waals surface area contributed by atoms with Crippen molar-refractivity contribution >= 4 is 47.8 Å². The van der Waals surface area contributed by atoms with Crippen LogP contribution in [0.5, 0.6) is 0 Å². The number of nitrogens with two attached hydrogens (primary N) is 1. The van der Waals surface area contributed by atoms with Gasteiger partial charge in [-0.1, -0.05) is 11.8 Å². The van der Waals surface area contributed by atoms with E-state index in [4.69, 9.17) is 29.0 Å². The molecule has 0 bridgehead atoms. The standard InChI is InChI=1S/C18H25N6O8PS/c1-10(25)34-6-5-28-33(27,23(3)4)29-7-11-13-18(2,32-17(26)31-13)16(30-11)24-9-22-12-14(19)20-8-21-15(12)24/h8-9,11,13,16H,5-7H2,1-4H3,(H2,19,20,21)/t11-,13+,16-,18?,33?/m1/s1. The average Bonchev–Trinajstić information content (AvgIpc) is 3.39. The van der Waals surface area contributed by atoms with Gasteiger partial charge in [0.15, 0.2) is 34.5 Å². The molecule has 5 atom stereocenters. The molecule has 16 heteroatoms. The van der Waals surface area contributed by atoms with Crippen LogP contribution in [0.1, 0.15) is 20.1 Å². The van der Waals surface area contributed by atoms with E-state index in [-0.39, 0.29) is 24.1 Å². The Kier molecular flexibility index (Phi) is 6.86. The van der Waals surface area contributed by atoms with Crippen LogP contribution in [-0.4, -0.2) is 86.3 Å². The Labute approximate surface area is 199 Å². The van der Waals surface area contributed by atoms with Gasteiger partial charge < -0.3 is 19.9 Å². The summed E-state index contributed by atoms with van der Waals surface area (Å²) in [6.45, 7) is 2.90. The number of carbonyl (C=O) groups excluding carboxylic acids is 2. The van der Waals surface area contributed by atoms with Gasteiger partial charge in [-0.15, -0.1) is 0 Å². The number of carbonyl (C=O) groups is 2. The molecule has 0 aliphatic carbocycles. The lowest BCUT2D eigenvalue weighted by Gasteiger charge is -2.26. The summed E-state index contributed by atoms with van der Waals surface area (Å²) in [6, 6.07) is 0. The van der Waals surface area contributed by atoms with Gasteiger partial charge in [0, 0.05) is 12.7 Å². The van der Waals surface area contributed by atoms with Crippen LogP contribution in [0, 0.1) is 0 Å². The number of fused-ring (bicyclic) bond motifs is 2. The fraction of sp³-hybridized carbons (Fsp3) is 0.611. The van der Waals surface area contributed by atoms with Crippen molar-refractivity contribution in [1.82, 2.24) is 24.2 Å². The zero-order valence-electron chi connectivity index (χ0n) is 18.9. The molecule has 34 heavy (non-hydrogen) atoms. The van der Waals surface area contributed by atoms with E-state index in [0.717, 1.165) is 11.8 Å². The Morgan fingerprint density at radius 3 is 2.82 bits per heavy atom. The molecule has 2 aromatic heterocycles. The Hall–Kier alpha value is -2.29. The summed E-state index contributed by atoms with van der Waals surface area (Å²) in [5.74, 6) is 0.513. The summed E-state index contributed by atoms with van der Waals surface area (Å²) in [7, 11) is -0.625. The number of thioether (sulfide) groups is 1. The van der Waals surface area contributed by atoms with E-state index < -0.39 is 37.9 Å². The highest BCUT2D eigenvalue weighted by Gasteiger charge is 2.64. The predicted molar refractivity (Wildman–Crippen MR) is 120 cm³/mol.